The van der Waals surface area contributed by atoms with Crippen molar-refractivity contribution >= 4 is 5.82 Å². The molecule has 94 valence electrons. The fraction of sp³-hybridized carbons (Fsp3) is 0.636. The van der Waals surface area contributed by atoms with E-state index in [0.717, 1.165) is 12.2 Å². The molecule has 0 saturated carbocycles. The summed E-state index contributed by atoms with van der Waals surface area (Å²) in [5, 5.41) is 12.0. The van der Waals surface area contributed by atoms with Crippen LogP contribution < -0.4 is 5.32 Å². The van der Waals surface area contributed by atoms with Gasteiger partial charge < -0.3 is 19.9 Å². The lowest BCUT2D eigenvalue weighted by molar-refractivity contribution is -0.0643. The first-order valence-corrected chi connectivity index (χ1v) is 5.73. The number of nitrogens with one attached hydrogen (secondary N) is 1. The zero-order valence-electron chi connectivity index (χ0n) is 9.58. The van der Waals surface area contributed by atoms with Gasteiger partial charge in [0.2, 0.25) is 0 Å². The van der Waals surface area contributed by atoms with Gasteiger partial charge in [0.15, 0.2) is 0 Å². The van der Waals surface area contributed by atoms with E-state index >= 15 is 0 Å². The minimum absolute atomic E-state index is 0.0222. The normalized spacial score (nSPS) is 24.5. The van der Waals surface area contributed by atoms with Crippen molar-refractivity contribution < 1.29 is 14.6 Å². The lowest BCUT2D eigenvalue weighted by atomic mass is 10.1. The lowest BCUT2D eigenvalue weighted by Gasteiger charge is -2.32. The number of aliphatic hydroxyl groups excluding tert-OH is 1. The molecule has 6 nitrogen and oxygen atoms in total. The number of aliphatic hydroxyl groups is 1. The maximum atomic E-state index is 8.76. The number of hydrogen-bond donors (Lipinski definition) is 2. The summed E-state index contributed by atoms with van der Waals surface area (Å²) >= 11 is 0. The zero-order valence-corrected chi connectivity index (χ0v) is 9.58. The van der Waals surface area contributed by atoms with E-state index in [9.17, 15) is 0 Å². The SMILES string of the molecule is OCCO[C@@H]1COCC[C@H]1Nc1cnccn1. The van der Waals surface area contributed by atoms with Crippen molar-refractivity contribution in [2.45, 2.75) is 18.6 Å². The molecule has 1 aliphatic rings. The lowest BCUT2D eigenvalue weighted by Crippen LogP contribution is -2.44. The highest BCUT2D eigenvalue weighted by Crippen LogP contribution is 2.15. The second-order valence-corrected chi connectivity index (χ2v) is 3.84. The van der Waals surface area contributed by atoms with E-state index in [2.05, 4.69) is 15.3 Å². The van der Waals surface area contributed by atoms with Crippen LogP contribution in [0, 0.1) is 0 Å². The molecule has 0 radical (unpaired) electrons. The predicted molar refractivity (Wildman–Crippen MR) is 61.7 cm³/mol. The summed E-state index contributed by atoms with van der Waals surface area (Å²) < 4.78 is 10.9. The van der Waals surface area contributed by atoms with Crippen molar-refractivity contribution in [2.24, 2.45) is 0 Å². The van der Waals surface area contributed by atoms with Crippen LogP contribution >= 0.6 is 0 Å². The molecular formula is C11H17N3O3. The van der Waals surface area contributed by atoms with Crippen molar-refractivity contribution in [3.05, 3.63) is 18.6 Å². The van der Waals surface area contributed by atoms with Gasteiger partial charge in [0.25, 0.3) is 0 Å². The topological polar surface area (TPSA) is 76.5 Å². The van der Waals surface area contributed by atoms with Gasteiger partial charge in [0.05, 0.1) is 32.1 Å². The molecule has 1 fully saturated rings. The Morgan fingerprint density at radius 2 is 2.47 bits per heavy atom. The van der Waals surface area contributed by atoms with Crippen LogP contribution in [-0.2, 0) is 9.47 Å². The second-order valence-electron chi connectivity index (χ2n) is 3.84. The molecule has 2 rings (SSSR count). The Bertz CT molecular complexity index is 323. The van der Waals surface area contributed by atoms with Gasteiger partial charge in [-0.05, 0) is 6.42 Å². The monoisotopic (exact) mass is 239 g/mol. The van der Waals surface area contributed by atoms with E-state index in [1.165, 1.54) is 0 Å². The van der Waals surface area contributed by atoms with E-state index in [1.54, 1.807) is 18.6 Å². The molecule has 0 bridgehead atoms. The maximum Gasteiger partial charge on any atom is 0.144 e. The minimum atomic E-state index is -0.0575. The number of hydrogen-bond acceptors (Lipinski definition) is 6. The third-order valence-electron chi connectivity index (χ3n) is 2.62. The Morgan fingerprint density at radius 1 is 1.53 bits per heavy atom. The summed E-state index contributed by atoms with van der Waals surface area (Å²) in [6.07, 6.45) is 5.75. The highest BCUT2D eigenvalue weighted by Gasteiger charge is 2.26. The van der Waals surface area contributed by atoms with E-state index in [1.807, 2.05) is 0 Å². The highest BCUT2D eigenvalue weighted by atomic mass is 16.5. The molecule has 17 heavy (non-hydrogen) atoms. The van der Waals surface area contributed by atoms with Crippen LogP contribution in [0.25, 0.3) is 0 Å². The summed E-state index contributed by atoms with van der Waals surface area (Å²) in [6.45, 7) is 1.59. The van der Waals surface area contributed by atoms with E-state index < -0.39 is 0 Å². The standard InChI is InChI=1S/C11H17N3O3/c15-4-6-17-10-8-16-5-1-9(10)14-11-7-12-2-3-13-11/h2-3,7,9-10,15H,1,4-6,8H2,(H,13,14)/t9-,10-/m1/s1. The Hall–Kier alpha value is -1.24. The first kappa shape index (κ1) is 12.2. The zero-order chi connectivity index (χ0) is 11.9. The van der Waals surface area contributed by atoms with Gasteiger partial charge in [-0.2, -0.15) is 0 Å². The van der Waals surface area contributed by atoms with Crippen molar-refractivity contribution in [1.82, 2.24) is 9.97 Å². The number of anilines is 1. The quantitative estimate of drug-likeness (QED) is 0.756. The molecule has 0 aliphatic carbocycles. The summed E-state index contributed by atoms with van der Waals surface area (Å²) in [4.78, 5) is 8.17. The highest BCUT2D eigenvalue weighted by molar-refractivity contribution is 5.32. The van der Waals surface area contributed by atoms with Crippen molar-refractivity contribution in [2.75, 3.05) is 31.7 Å². The van der Waals surface area contributed by atoms with Crippen molar-refractivity contribution in [3.63, 3.8) is 0 Å². The van der Waals surface area contributed by atoms with Crippen LogP contribution in [0.2, 0.25) is 0 Å². The van der Waals surface area contributed by atoms with Gasteiger partial charge in [0.1, 0.15) is 11.9 Å². The van der Waals surface area contributed by atoms with Gasteiger partial charge in [0, 0.05) is 19.0 Å². The summed E-state index contributed by atoms with van der Waals surface area (Å²) in [7, 11) is 0. The third kappa shape index (κ3) is 3.62. The third-order valence-corrected chi connectivity index (χ3v) is 2.62. The fourth-order valence-corrected chi connectivity index (χ4v) is 1.81. The van der Waals surface area contributed by atoms with Crippen LogP contribution in [-0.4, -0.2) is 53.6 Å². The molecule has 0 unspecified atom stereocenters. The summed E-state index contributed by atoms with van der Waals surface area (Å²) in [5.74, 6) is 0.733. The molecule has 2 heterocycles. The Kier molecular flexibility index (Phi) is 4.66. The van der Waals surface area contributed by atoms with Crippen LogP contribution in [0.15, 0.2) is 18.6 Å². The van der Waals surface area contributed by atoms with Crippen LogP contribution in [0.5, 0.6) is 0 Å². The van der Waals surface area contributed by atoms with E-state index in [-0.39, 0.29) is 18.8 Å². The average Bonchev–Trinajstić information content (AvgIpc) is 2.39. The molecule has 1 aliphatic heterocycles. The molecule has 6 heteroatoms. The maximum absolute atomic E-state index is 8.76. The largest absolute Gasteiger partial charge is 0.394 e. The first-order chi connectivity index (χ1) is 8.40. The van der Waals surface area contributed by atoms with E-state index in [4.69, 9.17) is 14.6 Å². The van der Waals surface area contributed by atoms with E-state index in [0.29, 0.717) is 19.8 Å². The molecule has 0 aromatic carbocycles. The van der Waals surface area contributed by atoms with Crippen LogP contribution in [0.4, 0.5) is 5.82 Å². The summed E-state index contributed by atoms with van der Waals surface area (Å²) in [5.41, 5.74) is 0. The minimum Gasteiger partial charge on any atom is -0.394 e. The average molecular weight is 239 g/mol. The predicted octanol–water partition coefficient (Wildman–Crippen LogP) is 0.0549. The molecule has 0 spiro atoms. The second kappa shape index (κ2) is 6.48. The summed E-state index contributed by atoms with van der Waals surface area (Å²) in [6, 6.07) is 0.145. The van der Waals surface area contributed by atoms with Crippen molar-refractivity contribution in [3.8, 4) is 0 Å². The molecule has 2 atom stereocenters. The molecule has 1 saturated heterocycles. The van der Waals surface area contributed by atoms with Gasteiger partial charge in [-0.25, -0.2) is 4.98 Å². The van der Waals surface area contributed by atoms with Gasteiger partial charge in [-0.1, -0.05) is 0 Å². The Labute approximate surface area is 100.0 Å². The molecule has 2 N–H and O–H groups in total. The number of nitrogens with zero attached hydrogens (tertiary/aromatic N) is 2. The Balaban J connectivity index is 1.92. The molecule has 1 aromatic heterocycles. The van der Waals surface area contributed by atoms with Crippen LogP contribution in [0.3, 0.4) is 0 Å². The molecule has 0 amide bonds. The van der Waals surface area contributed by atoms with Gasteiger partial charge in [-0.3, -0.25) is 4.98 Å². The first-order valence-electron chi connectivity index (χ1n) is 5.73. The number of ether oxygens (including phenoxy) is 2. The van der Waals surface area contributed by atoms with Crippen molar-refractivity contribution in [1.29, 1.82) is 0 Å². The Morgan fingerprint density at radius 3 is 3.24 bits per heavy atom. The number of rotatable bonds is 5. The fourth-order valence-electron chi connectivity index (χ4n) is 1.81. The molecule has 1 aromatic rings. The van der Waals surface area contributed by atoms with Gasteiger partial charge in [-0.15, -0.1) is 0 Å². The number of aromatic nitrogens is 2. The van der Waals surface area contributed by atoms with Crippen LogP contribution in [0.1, 0.15) is 6.42 Å². The van der Waals surface area contributed by atoms with Gasteiger partial charge >= 0.3 is 0 Å². The smallest absolute Gasteiger partial charge is 0.144 e. The molecular weight excluding hydrogens is 222 g/mol.